The first-order chi connectivity index (χ1) is 16.1. The average molecular weight is 446 g/mol. The van der Waals surface area contributed by atoms with E-state index in [4.69, 9.17) is 9.15 Å². The number of fused-ring (bicyclic) bond motifs is 1. The molecule has 2 atom stereocenters. The van der Waals surface area contributed by atoms with Crippen molar-refractivity contribution in [1.82, 2.24) is 15.6 Å². The minimum absolute atomic E-state index is 0.277. The number of esters is 1. The van der Waals surface area contributed by atoms with Crippen LogP contribution in [0.2, 0.25) is 0 Å². The molecule has 0 unspecified atom stereocenters. The van der Waals surface area contributed by atoms with Crippen molar-refractivity contribution >= 4 is 22.8 Å². The molecule has 0 bridgehead atoms. The maximum atomic E-state index is 13.3. The van der Waals surface area contributed by atoms with Crippen molar-refractivity contribution in [2.45, 2.75) is 31.5 Å². The average Bonchev–Trinajstić information content (AvgIpc) is 3.51. The Bertz CT molecular complexity index is 1180. The highest BCUT2D eigenvalue weighted by atomic mass is 16.5. The number of methoxy groups -OCH3 is 1. The molecule has 0 aliphatic heterocycles. The SMILES string of the molecule is COC(=O)[C@H](Cc1c[nH]c2ccccc12)NC(=O)[C@H](Cc1ccccc1)NCc1ccco1. The van der Waals surface area contributed by atoms with Crippen molar-refractivity contribution in [2.75, 3.05) is 7.11 Å². The van der Waals surface area contributed by atoms with Crippen LogP contribution in [0.15, 0.2) is 83.6 Å². The number of H-pyrrole nitrogens is 1. The highest BCUT2D eigenvalue weighted by Gasteiger charge is 2.27. The van der Waals surface area contributed by atoms with Gasteiger partial charge in [-0.25, -0.2) is 4.79 Å². The zero-order valence-electron chi connectivity index (χ0n) is 18.4. The van der Waals surface area contributed by atoms with Gasteiger partial charge in [0.15, 0.2) is 0 Å². The molecule has 0 aliphatic carbocycles. The first-order valence-electron chi connectivity index (χ1n) is 10.9. The predicted molar refractivity (Wildman–Crippen MR) is 125 cm³/mol. The van der Waals surface area contributed by atoms with Gasteiger partial charge in [0, 0.05) is 23.5 Å². The van der Waals surface area contributed by atoms with Gasteiger partial charge in [0.25, 0.3) is 0 Å². The summed E-state index contributed by atoms with van der Waals surface area (Å²) in [5, 5.41) is 7.17. The van der Waals surface area contributed by atoms with E-state index >= 15 is 0 Å². The van der Waals surface area contributed by atoms with Crippen LogP contribution in [0.1, 0.15) is 16.9 Å². The van der Waals surface area contributed by atoms with E-state index in [1.165, 1.54) is 7.11 Å². The van der Waals surface area contributed by atoms with Gasteiger partial charge in [-0.15, -0.1) is 0 Å². The highest BCUT2D eigenvalue weighted by molar-refractivity contribution is 5.89. The summed E-state index contributed by atoms with van der Waals surface area (Å²) in [6.07, 6.45) is 4.24. The molecule has 3 N–H and O–H groups in total. The molecule has 2 aromatic heterocycles. The molecule has 33 heavy (non-hydrogen) atoms. The zero-order valence-corrected chi connectivity index (χ0v) is 18.4. The molecule has 0 radical (unpaired) electrons. The summed E-state index contributed by atoms with van der Waals surface area (Å²) < 4.78 is 10.4. The first-order valence-corrected chi connectivity index (χ1v) is 10.9. The quantitative estimate of drug-likeness (QED) is 0.325. The Kier molecular flexibility index (Phi) is 7.22. The molecule has 1 amide bonds. The van der Waals surface area contributed by atoms with Crippen molar-refractivity contribution in [3.8, 4) is 0 Å². The number of carbonyl (C=O) groups is 2. The Morgan fingerprint density at radius 2 is 1.76 bits per heavy atom. The van der Waals surface area contributed by atoms with E-state index in [0.29, 0.717) is 19.4 Å². The lowest BCUT2D eigenvalue weighted by Crippen LogP contribution is -2.51. The Balaban J connectivity index is 1.51. The summed E-state index contributed by atoms with van der Waals surface area (Å²) >= 11 is 0. The van der Waals surface area contributed by atoms with E-state index in [9.17, 15) is 9.59 Å². The van der Waals surface area contributed by atoms with Crippen molar-refractivity contribution < 1.29 is 18.7 Å². The fourth-order valence-corrected chi connectivity index (χ4v) is 3.87. The standard InChI is InChI=1S/C26H27N3O4/c1-32-26(31)24(15-19-16-27-22-12-6-5-11-21(19)22)29-25(30)23(14-18-8-3-2-4-9-18)28-17-20-10-7-13-33-20/h2-13,16,23-24,27-28H,14-15,17H2,1H3,(H,29,30)/t23-,24-/m0/s1. The summed E-state index contributed by atoms with van der Waals surface area (Å²) in [6, 6.07) is 19.9. The van der Waals surface area contributed by atoms with Crippen LogP contribution in [0, 0.1) is 0 Å². The van der Waals surface area contributed by atoms with E-state index in [2.05, 4.69) is 15.6 Å². The molecule has 0 spiro atoms. The number of ether oxygens (including phenoxy) is 1. The fourth-order valence-electron chi connectivity index (χ4n) is 3.87. The number of amides is 1. The summed E-state index contributed by atoms with van der Waals surface area (Å²) in [6.45, 7) is 0.392. The molecule has 7 heteroatoms. The lowest BCUT2D eigenvalue weighted by atomic mass is 10.0. The Morgan fingerprint density at radius 1 is 0.970 bits per heavy atom. The minimum atomic E-state index is -0.814. The van der Waals surface area contributed by atoms with Gasteiger partial charge in [-0.3, -0.25) is 10.1 Å². The molecule has 2 aromatic carbocycles. The number of hydrogen-bond donors (Lipinski definition) is 3. The minimum Gasteiger partial charge on any atom is -0.468 e. The zero-order chi connectivity index (χ0) is 23.0. The van der Waals surface area contributed by atoms with E-state index in [1.54, 1.807) is 12.3 Å². The van der Waals surface area contributed by atoms with Gasteiger partial charge >= 0.3 is 5.97 Å². The van der Waals surface area contributed by atoms with Crippen molar-refractivity contribution in [3.05, 3.63) is 96.1 Å². The number of aromatic amines is 1. The van der Waals surface area contributed by atoms with Gasteiger partial charge in [-0.2, -0.15) is 0 Å². The maximum Gasteiger partial charge on any atom is 0.328 e. The monoisotopic (exact) mass is 445 g/mol. The van der Waals surface area contributed by atoms with Gasteiger partial charge in [0.2, 0.25) is 5.91 Å². The van der Waals surface area contributed by atoms with Crippen LogP contribution in [-0.4, -0.2) is 36.1 Å². The van der Waals surface area contributed by atoms with Crippen molar-refractivity contribution in [1.29, 1.82) is 0 Å². The molecule has 0 aliphatic rings. The third-order valence-electron chi connectivity index (χ3n) is 5.60. The molecular weight excluding hydrogens is 418 g/mol. The molecule has 0 saturated carbocycles. The predicted octanol–water partition coefficient (Wildman–Crippen LogP) is 3.36. The molecule has 4 aromatic rings. The van der Waals surface area contributed by atoms with E-state index in [-0.39, 0.29) is 5.91 Å². The smallest absolute Gasteiger partial charge is 0.328 e. The lowest BCUT2D eigenvalue weighted by Gasteiger charge is -2.22. The number of benzene rings is 2. The topological polar surface area (TPSA) is 96.4 Å². The second-order valence-corrected chi connectivity index (χ2v) is 7.85. The molecule has 170 valence electrons. The number of hydrogen-bond acceptors (Lipinski definition) is 5. The Morgan fingerprint density at radius 3 is 2.52 bits per heavy atom. The first kappa shape index (κ1) is 22.4. The van der Waals surface area contributed by atoms with Gasteiger partial charge < -0.3 is 19.5 Å². The molecule has 7 nitrogen and oxygen atoms in total. The molecule has 4 rings (SSSR count). The van der Waals surface area contributed by atoms with E-state index in [0.717, 1.165) is 27.8 Å². The van der Waals surface area contributed by atoms with Crippen LogP contribution in [0.25, 0.3) is 10.9 Å². The molecule has 2 heterocycles. The normalized spacial score (nSPS) is 12.9. The second kappa shape index (κ2) is 10.7. The number of carbonyl (C=O) groups excluding carboxylic acids is 2. The van der Waals surface area contributed by atoms with Crippen LogP contribution in [0.4, 0.5) is 0 Å². The third kappa shape index (κ3) is 5.70. The summed E-state index contributed by atoms with van der Waals surface area (Å²) in [5.41, 5.74) is 2.92. The highest BCUT2D eigenvalue weighted by Crippen LogP contribution is 2.19. The fraction of sp³-hybridized carbons (Fsp3) is 0.231. The van der Waals surface area contributed by atoms with Crippen molar-refractivity contribution in [3.63, 3.8) is 0 Å². The largest absolute Gasteiger partial charge is 0.468 e. The molecule has 0 saturated heterocycles. The van der Waals surface area contributed by atoms with Crippen LogP contribution in [0.3, 0.4) is 0 Å². The maximum absolute atomic E-state index is 13.3. The summed E-state index contributed by atoms with van der Waals surface area (Å²) in [5.74, 6) is -0.0389. The van der Waals surface area contributed by atoms with Gasteiger partial charge in [-0.05, 0) is 35.7 Å². The molecule has 0 fully saturated rings. The van der Waals surface area contributed by atoms with Crippen molar-refractivity contribution in [2.24, 2.45) is 0 Å². The van der Waals surface area contributed by atoms with Crippen LogP contribution in [-0.2, 0) is 33.7 Å². The number of furan rings is 1. The number of rotatable bonds is 10. The van der Waals surface area contributed by atoms with Crippen LogP contribution >= 0.6 is 0 Å². The van der Waals surface area contributed by atoms with Gasteiger partial charge in [0.05, 0.1) is 26.0 Å². The molecular formula is C26H27N3O4. The van der Waals surface area contributed by atoms with Gasteiger partial charge in [-0.1, -0.05) is 48.5 Å². The van der Waals surface area contributed by atoms with Gasteiger partial charge in [0.1, 0.15) is 11.8 Å². The van der Waals surface area contributed by atoms with E-state index in [1.807, 2.05) is 66.9 Å². The third-order valence-corrected chi connectivity index (χ3v) is 5.60. The summed E-state index contributed by atoms with van der Waals surface area (Å²) in [7, 11) is 1.33. The summed E-state index contributed by atoms with van der Waals surface area (Å²) in [4.78, 5) is 29.1. The number of aromatic nitrogens is 1. The second-order valence-electron chi connectivity index (χ2n) is 7.85. The van der Waals surface area contributed by atoms with Crippen LogP contribution in [0.5, 0.6) is 0 Å². The van der Waals surface area contributed by atoms with Crippen LogP contribution < -0.4 is 10.6 Å². The number of nitrogens with one attached hydrogen (secondary N) is 3. The number of para-hydroxylation sites is 1. The van der Waals surface area contributed by atoms with E-state index < -0.39 is 18.1 Å². The Labute approximate surface area is 192 Å². The lowest BCUT2D eigenvalue weighted by molar-refractivity contribution is -0.145. The Hall–Kier alpha value is -3.84.